The first-order valence-corrected chi connectivity index (χ1v) is 12.6. The van der Waals surface area contributed by atoms with Crippen molar-refractivity contribution < 1.29 is 10.2 Å². The molecule has 0 aliphatic rings. The number of aliphatic hydroxyl groups is 2. The van der Waals surface area contributed by atoms with Crippen molar-refractivity contribution in [2.24, 2.45) is 0 Å². The molecule has 0 saturated carbocycles. The molecule has 4 nitrogen and oxygen atoms in total. The van der Waals surface area contributed by atoms with E-state index in [0.29, 0.717) is 6.42 Å². The third-order valence-electron chi connectivity index (χ3n) is 6.32. The van der Waals surface area contributed by atoms with E-state index in [1.165, 1.54) is 77.0 Å². The molecular formula is C27H43NO3. The molecule has 0 amide bonds. The lowest BCUT2D eigenvalue weighted by molar-refractivity contribution is 0.0112. The van der Waals surface area contributed by atoms with E-state index in [9.17, 15) is 15.0 Å². The van der Waals surface area contributed by atoms with Crippen LogP contribution in [0.4, 0.5) is 0 Å². The smallest absolute Gasteiger partial charge is 0.254 e. The summed E-state index contributed by atoms with van der Waals surface area (Å²) in [7, 11) is 0. The summed E-state index contributed by atoms with van der Waals surface area (Å²) in [6.45, 7) is 2.26. The largest absolute Gasteiger partial charge is 0.390 e. The number of nitrogens with one attached hydrogen (secondary N) is 1. The number of rotatable bonds is 17. The van der Waals surface area contributed by atoms with Gasteiger partial charge in [0.2, 0.25) is 0 Å². The molecule has 0 saturated heterocycles. The monoisotopic (exact) mass is 429 g/mol. The number of unbranched alkanes of at least 4 members (excludes halogenated alkanes) is 13. The molecular weight excluding hydrogens is 386 g/mol. The van der Waals surface area contributed by atoms with Crippen molar-refractivity contribution in [2.45, 2.75) is 115 Å². The third kappa shape index (κ3) is 9.57. The van der Waals surface area contributed by atoms with Gasteiger partial charge in [0.05, 0.1) is 6.10 Å². The van der Waals surface area contributed by atoms with E-state index in [2.05, 4.69) is 11.9 Å². The molecule has 31 heavy (non-hydrogen) atoms. The molecule has 2 rings (SSSR count). The van der Waals surface area contributed by atoms with Crippen LogP contribution in [-0.4, -0.2) is 21.3 Å². The topological polar surface area (TPSA) is 73.3 Å². The maximum atomic E-state index is 12.3. The fourth-order valence-corrected chi connectivity index (χ4v) is 4.30. The molecule has 0 radical (unpaired) electrons. The number of aromatic amines is 1. The Labute approximate surface area is 188 Å². The van der Waals surface area contributed by atoms with Crippen LogP contribution in [0.25, 0.3) is 10.9 Å². The first-order chi connectivity index (χ1) is 15.1. The van der Waals surface area contributed by atoms with Crippen LogP contribution in [-0.2, 0) is 0 Å². The second-order valence-corrected chi connectivity index (χ2v) is 9.04. The molecule has 0 aliphatic carbocycles. The van der Waals surface area contributed by atoms with Crippen molar-refractivity contribution in [1.82, 2.24) is 4.98 Å². The molecule has 0 spiro atoms. The molecule has 2 unspecified atom stereocenters. The number of H-pyrrole nitrogens is 1. The van der Waals surface area contributed by atoms with Crippen LogP contribution in [0, 0.1) is 0 Å². The average Bonchev–Trinajstić information content (AvgIpc) is 2.78. The molecule has 1 heterocycles. The van der Waals surface area contributed by atoms with Crippen LogP contribution in [0.3, 0.4) is 0 Å². The Kier molecular flexibility index (Phi) is 12.6. The van der Waals surface area contributed by atoms with E-state index in [4.69, 9.17) is 0 Å². The maximum Gasteiger partial charge on any atom is 0.254 e. The number of hydrogen-bond donors (Lipinski definition) is 3. The second kappa shape index (κ2) is 15.2. The Hall–Kier alpha value is -1.65. The second-order valence-electron chi connectivity index (χ2n) is 9.04. The van der Waals surface area contributed by atoms with Crippen LogP contribution in [0.5, 0.6) is 0 Å². The van der Waals surface area contributed by atoms with Gasteiger partial charge in [-0.1, -0.05) is 115 Å². The Morgan fingerprint density at radius 1 is 0.774 bits per heavy atom. The van der Waals surface area contributed by atoms with E-state index in [1.54, 1.807) is 6.07 Å². The fourth-order valence-electron chi connectivity index (χ4n) is 4.30. The van der Waals surface area contributed by atoms with Gasteiger partial charge < -0.3 is 15.2 Å². The summed E-state index contributed by atoms with van der Waals surface area (Å²) < 4.78 is 0. The van der Waals surface area contributed by atoms with Crippen molar-refractivity contribution in [2.75, 3.05) is 0 Å². The van der Waals surface area contributed by atoms with Gasteiger partial charge in [-0.05, 0) is 23.9 Å². The fraction of sp³-hybridized carbons (Fsp3) is 0.667. The van der Waals surface area contributed by atoms with E-state index >= 15 is 0 Å². The van der Waals surface area contributed by atoms with Gasteiger partial charge in [-0.25, -0.2) is 0 Å². The minimum atomic E-state index is -1.14. The Bertz CT molecular complexity index is 785. The highest BCUT2D eigenvalue weighted by molar-refractivity contribution is 5.78. The summed E-state index contributed by atoms with van der Waals surface area (Å²) in [6, 6.07) is 9.16. The predicted molar refractivity (Wildman–Crippen MR) is 130 cm³/mol. The van der Waals surface area contributed by atoms with Crippen molar-refractivity contribution in [3.8, 4) is 0 Å². The summed E-state index contributed by atoms with van der Waals surface area (Å²) in [5, 5.41) is 21.7. The minimum Gasteiger partial charge on any atom is -0.390 e. The molecule has 0 fully saturated rings. The highest BCUT2D eigenvalue weighted by atomic mass is 16.3. The van der Waals surface area contributed by atoms with E-state index in [-0.39, 0.29) is 11.1 Å². The van der Waals surface area contributed by atoms with Crippen LogP contribution < -0.4 is 5.56 Å². The Morgan fingerprint density at radius 3 is 1.87 bits per heavy atom. The summed E-state index contributed by atoms with van der Waals surface area (Å²) in [5.74, 6) is 0. The molecule has 4 heteroatoms. The molecule has 174 valence electrons. The highest BCUT2D eigenvalue weighted by Gasteiger charge is 2.21. The molecule has 1 aromatic heterocycles. The summed E-state index contributed by atoms with van der Waals surface area (Å²) in [5.41, 5.74) is 0.660. The standard InChI is InChI=1S/C27H43NO3/c1-2-3-4-5-6-7-8-9-10-11-12-13-14-15-20-25(29)26(30)23-21-22-18-16-17-19-24(22)28-27(23)31/h16-19,21,25-26,29-30H,2-15,20H2,1H3,(H,28,31). The average molecular weight is 430 g/mol. The molecule has 1 aromatic carbocycles. The highest BCUT2D eigenvalue weighted by Crippen LogP contribution is 2.21. The Balaban J connectivity index is 1.53. The van der Waals surface area contributed by atoms with E-state index in [0.717, 1.165) is 23.7 Å². The van der Waals surface area contributed by atoms with Gasteiger partial charge in [0, 0.05) is 11.1 Å². The quantitative estimate of drug-likeness (QED) is 0.242. The van der Waals surface area contributed by atoms with Gasteiger partial charge in [-0.15, -0.1) is 0 Å². The van der Waals surface area contributed by atoms with E-state index < -0.39 is 12.2 Å². The van der Waals surface area contributed by atoms with Crippen molar-refractivity contribution >= 4 is 10.9 Å². The number of aromatic nitrogens is 1. The molecule has 2 aromatic rings. The van der Waals surface area contributed by atoms with Gasteiger partial charge in [0.25, 0.3) is 5.56 Å². The molecule has 0 bridgehead atoms. The number of benzene rings is 1. The lowest BCUT2D eigenvalue weighted by Crippen LogP contribution is -2.25. The van der Waals surface area contributed by atoms with Gasteiger partial charge in [-0.3, -0.25) is 4.79 Å². The lowest BCUT2D eigenvalue weighted by atomic mass is 9.98. The van der Waals surface area contributed by atoms with Gasteiger partial charge in [0.1, 0.15) is 6.10 Å². The van der Waals surface area contributed by atoms with E-state index in [1.807, 2.05) is 24.3 Å². The van der Waals surface area contributed by atoms with Crippen LogP contribution in [0.15, 0.2) is 35.1 Å². The zero-order chi connectivity index (χ0) is 22.3. The maximum absolute atomic E-state index is 12.3. The zero-order valence-electron chi connectivity index (χ0n) is 19.5. The molecule has 2 atom stereocenters. The summed E-state index contributed by atoms with van der Waals surface area (Å²) in [4.78, 5) is 15.0. The summed E-state index contributed by atoms with van der Waals surface area (Å²) >= 11 is 0. The van der Waals surface area contributed by atoms with Crippen molar-refractivity contribution in [1.29, 1.82) is 0 Å². The number of fused-ring (bicyclic) bond motifs is 1. The van der Waals surface area contributed by atoms with Crippen LogP contribution in [0.2, 0.25) is 0 Å². The molecule has 3 N–H and O–H groups in total. The van der Waals surface area contributed by atoms with Crippen molar-refractivity contribution in [3.63, 3.8) is 0 Å². The van der Waals surface area contributed by atoms with Crippen LogP contribution >= 0.6 is 0 Å². The first kappa shape index (κ1) is 25.6. The molecule has 0 aliphatic heterocycles. The third-order valence-corrected chi connectivity index (χ3v) is 6.32. The number of pyridine rings is 1. The Morgan fingerprint density at radius 2 is 1.29 bits per heavy atom. The zero-order valence-corrected chi connectivity index (χ0v) is 19.5. The lowest BCUT2D eigenvalue weighted by Gasteiger charge is -2.18. The van der Waals surface area contributed by atoms with Gasteiger partial charge in [0.15, 0.2) is 0 Å². The predicted octanol–water partition coefficient (Wildman–Crippen LogP) is 6.79. The number of aliphatic hydroxyl groups excluding tert-OH is 2. The van der Waals surface area contributed by atoms with Crippen LogP contribution in [0.1, 0.15) is 115 Å². The summed E-state index contributed by atoms with van der Waals surface area (Å²) in [6.07, 6.45) is 16.5. The SMILES string of the molecule is CCCCCCCCCCCCCCCCC(O)C(O)c1cc2ccccc2[nH]c1=O. The normalized spacial score (nSPS) is 13.5. The van der Waals surface area contributed by atoms with Gasteiger partial charge >= 0.3 is 0 Å². The first-order valence-electron chi connectivity index (χ1n) is 12.6. The van der Waals surface area contributed by atoms with Gasteiger partial charge in [-0.2, -0.15) is 0 Å². The number of para-hydroxylation sites is 1. The van der Waals surface area contributed by atoms with Crippen molar-refractivity contribution in [3.05, 3.63) is 46.2 Å². The minimum absolute atomic E-state index is 0.247. The number of hydrogen-bond acceptors (Lipinski definition) is 3.